The normalized spacial score (nSPS) is 15.4. The summed E-state index contributed by atoms with van der Waals surface area (Å²) in [5.41, 5.74) is 0. The lowest BCUT2D eigenvalue weighted by molar-refractivity contribution is -0.138. The van der Waals surface area contributed by atoms with Gasteiger partial charge in [0.05, 0.1) is 0 Å². The van der Waals surface area contributed by atoms with Crippen LogP contribution >= 0.6 is 0 Å². The van der Waals surface area contributed by atoms with Gasteiger partial charge in [-0.2, -0.15) is 4.72 Å². The molecule has 1 aromatic carbocycles. The molecule has 1 aromatic rings. The lowest BCUT2D eigenvalue weighted by Crippen LogP contribution is -2.38. The van der Waals surface area contributed by atoms with Gasteiger partial charge in [0.2, 0.25) is 16.8 Å². The van der Waals surface area contributed by atoms with Gasteiger partial charge in [0, 0.05) is 0 Å². The number of ether oxygens (including phenoxy) is 2. The summed E-state index contributed by atoms with van der Waals surface area (Å²) >= 11 is 0. The highest BCUT2D eigenvalue weighted by molar-refractivity contribution is 7.89. The molecule has 0 saturated carbocycles. The number of nitrogens with one attached hydrogen (secondary N) is 1. The van der Waals surface area contributed by atoms with Gasteiger partial charge in [0.25, 0.3) is 0 Å². The zero-order valence-corrected chi connectivity index (χ0v) is 10.2. The van der Waals surface area contributed by atoms with E-state index in [9.17, 15) is 13.2 Å². The average molecular weight is 273 g/mol. The smallest absolute Gasteiger partial charge is 0.321 e. The van der Waals surface area contributed by atoms with Crippen molar-refractivity contribution in [2.75, 3.05) is 6.79 Å². The molecule has 2 N–H and O–H groups in total. The number of rotatable bonds is 4. The van der Waals surface area contributed by atoms with Crippen molar-refractivity contribution < 1.29 is 27.8 Å². The van der Waals surface area contributed by atoms with E-state index in [0.29, 0.717) is 5.75 Å². The Morgan fingerprint density at radius 2 is 2.17 bits per heavy atom. The number of carboxylic acid groups (broad SMARTS) is 1. The maximum Gasteiger partial charge on any atom is 0.321 e. The van der Waals surface area contributed by atoms with E-state index in [1.165, 1.54) is 19.1 Å². The summed E-state index contributed by atoms with van der Waals surface area (Å²) in [5, 5.41) is 8.70. The van der Waals surface area contributed by atoms with Crippen LogP contribution in [0.15, 0.2) is 23.1 Å². The Bertz CT molecular complexity index is 582. The Morgan fingerprint density at radius 3 is 2.83 bits per heavy atom. The highest BCUT2D eigenvalue weighted by Gasteiger charge is 2.28. The molecule has 1 atom stereocenters. The fourth-order valence-electron chi connectivity index (χ4n) is 1.46. The van der Waals surface area contributed by atoms with Crippen molar-refractivity contribution in [1.29, 1.82) is 0 Å². The fraction of sp³-hybridized carbons (Fsp3) is 0.300. The Balaban J connectivity index is 2.37. The van der Waals surface area contributed by atoms with Gasteiger partial charge in [-0.1, -0.05) is 6.07 Å². The molecule has 2 rings (SSSR count). The third-order valence-electron chi connectivity index (χ3n) is 2.35. The number of carboxylic acids is 1. The van der Waals surface area contributed by atoms with Crippen LogP contribution in [-0.4, -0.2) is 32.3 Å². The molecule has 1 heterocycles. The number of hydrogen-bond acceptors (Lipinski definition) is 5. The van der Waals surface area contributed by atoms with Gasteiger partial charge in [-0.25, -0.2) is 8.42 Å². The van der Waals surface area contributed by atoms with Crippen molar-refractivity contribution in [1.82, 2.24) is 4.72 Å². The summed E-state index contributed by atoms with van der Waals surface area (Å²) in [7, 11) is -3.97. The minimum absolute atomic E-state index is 0.0592. The number of aliphatic carboxylic acids is 1. The van der Waals surface area contributed by atoms with Crippen molar-refractivity contribution in [2.45, 2.75) is 17.9 Å². The van der Waals surface area contributed by atoms with Gasteiger partial charge in [-0.05, 0) is 19.1 Å². The van der Waals surface area contributed by atoms with Crippen LogP contribution in [0.3, 0.4) is 0 Å². The fourth-order valence-corrected chi connectivity index (χ4v) is 2.82. The van der Waals surface area contributed by atoms with Gasteiger partial charge < -0.3 is 14.6 Å². The van der Waals surface area contributed by atoms with Crippen LogP contribution < -0.4 is 14.2 Å². The molecule has 0 bridgehead atoms. The van der Waals surface area contributed by atoms with Crippen molar-refractivity contribution in [3.8, 4) is 11.5 Å². The van der Waals surface area contributed by atoms with Gasteiger partial charge >= 0.3 is 5.97 Å². The molecule has 0 saturated heterocycles. The minimum atomic E-state index is -3.97. The number of benzene rings is 1. The molecule has 0 amide bonds. The van der Waals surface area contributed by atoms with Gasteiger partial charge in [-0.15, -0.1) is 0 Å². The maximum absolute atomic E-state index is 12.0. The van der Waals surface area contributed by atoms with E-state index in [1.807, 2.05) is 4.72 Å². The monoisotopic (exact) mass is 273 g/mol. The Labute approximate surface area is 103 Å². The maximum atomic E-state index is 12.0. The van der Waals surface area contributed by atoms with Crippen molar-refractivity contribution in [3.05, 3.63) is 18.2 Å². The molecule has 0 unspecified atom stereocenters. The number of fused-ring (bicyclic) bond motifs is 1. The molecule has 0 aliphatic carbocycles. The van der Waals surface area contributed by atoms with Crippen LogP contribution in [0.2, 0.25) is 0 Å². The van der Waals surface area contributed by atoms with Gasteiger partial charge in [0.15, 0.2) is 11.5 Å². The lowest BCUT2D eigenvalue weighted by Gasteiger charge is -2.11. The van der Waals surface area contributed by atoms with E-state index in [1.54, 1.807) is 6.07 Å². The molecule has 98 valence electrons. The zero-order chi connectivity index (χ0) is 13.3. The van der Waals surface area contributed by atoms with E-state index in [4.69, 9.17) is 14.6 Å². The molecule has 18 heavy (non-hydrogen) atoms. The van der Waals surface area contributed by atoms with Crippen LogP contribution in [0, 0.1) is 0 Å². The van der Waals surface area contributed by atoms with Crippen molar-refractivity contribution >= 4 is 16.0 Å². The lowest BCUT2D eigenvalue weighted by atomic mass is 10.3. The highest BCUT2D eigenvalue weighted by Crippen LogP contribution is 2.37. The zero-order valence-electron chi connectivity index (χ0n) is 9.41. The molecule has 0 fully saturated rings. The third kappa shape index (κ3) is 2.24. The SMILES string of the molecule is C[C@@H](NS(=O)(=O)c1cccc2c1OCO2)C(=O)O. The van der Waals surface area contributed by atoms with E-state index in [0.717, 1.165) is 0 Å². The Kier molecular flexibility index (Phi) is 3.14. The second-order valence-electron chi connectivity index (χ2n) is 3.67. The average Bonchev–Trinajstić information content (AvgIpc) is 2.75. The van der Waals surface area contributed by atoms with Crippen LogP contribution in [-0.2, 0) is 14.8 Å². The van der Waals surface area contributed by atoms with Crippen LogP contribution in [0.4, 0.5) is 0 Å². The topological polar surface area (TPSA) is 102 Å². The van der Waals surface area contributed by atoms with Gasteiger partial charge in [0.1, 0.15) is 10.9 Å². The third-order valence-corrected chi connectivity index (χ3v) is 3.92. The summed E-state index contributed by atoms with van der Waals surface area (Å²) in [6, 6.07) is 3.16. The van der Waals surface area contributed by atoms with Crippen molar-refractivity contribution in [2.24, 2.45) is 0 Å². The molecular weight excluding hydrogens is 262 g/mol. The first-order valence-electron chi connectivity index (χ1n) is 5.05. The second kappa shape index (κ2) is 4.46. The molecule has 1 aliphatic rings. The molecule has 0 aromatic heterocycles. The van der Waals surface area contributed by atoms with Crippen LogP contribution in [0.1, 0.15) is 6.92 Å². The second-order valence-corrected chi connectivity index (χ2v) is 5.35. The first kappa shape index (κ1) is 12.7. The largest absolute Gasteiger partial charge is 0.480 e. The molecule has 0 spiro atoms. The quantitative estimate of drug-likeness (QED) is 0.810. The first-order valence-corrected chi connectivity index (χ1v) is 6.54. The number of hydrogen-bond donors (Lipinski definition) is 2. The molecule has 7 nitrogen and oxygen atoms in total. The van der Waals surface area contributed by atoms with E-state index < -0.39 is 22.0 Å². The highest BCUT2D eigenvalue weighted by atomic mass is 32.2. The van der Waals surface area contributed by atoms with E-state index in [2.05, 4.69) is 0 Å². The summed E-state index contributed by atoms with van der Waals surface area (Å²) in [6.45, 7) is 1.18. The minimum Gasteiger partial charge on any atom is -0.480 e. The molecule has 1 aliphatic heterocycles. The van der Waals surface area contributed by atoms with Crippen molar-refractivity contribution in [3.63, 3.8) is 0 Å². The Morgan fingerprint density at radius 1 is 1.44 bits per heavy atom. The summed E-state index contributed by atoms with van der Waals surface area (Å²) in [6.07, 6.45) is 0. The number of carbonyl (C=O) groups is 1. The van der Waals surface area contributed by atoms with Crippen LogP contribution in [0.25, 0.3) is 0 Å². The molecular formula is C10H11NO6S. The van der Waals surface area contributed by atoms with E-state index >= 15 is 0 Å². The van der Waals surface area contributed by atoms with E-state index in [-0.39, 0.29) is 17.4 Å². The summed E-state index contributed by atoms with van der Waals surface area (Å²) < 4.78 is 36.2. The predicted molar refractivity (Wildman–Crippen MR) is 60.0 cm³/mol. The van der Waals surface area contributed by atoms with Gasteiger partial charge in [-0.3, -0.25) is 4.79 Å². The number of sulfonamides is 1. The summed E-state index contributed by atoms with van der Waals surface area (Å²) in [4.78, 5) is 10.5. The molecule has 8 heteroatoms. The van der Waals surface area contributed by atoms with Crippen LogP contribution in [0.5, 0.6) is 11.5 Å². The standard InChI is InChI=1S/C10H11NO6S/c1-6(10(12)13)11-18(14,15)8-4-2-3-7-9(8)17-5-16-7/h2-4,6,11H,5H2,1H3,(H,12,13)/t6-/m1/s1. The predicted octanol–water partition coefficient (Wildman–Crippen LogP) is 0.167. The summed E-state index contributed by atoms with van der Waals surface area (Å²) in [5.74, 6) is -0.841. The Hall–Kier alpha value is -1.80. The first-order chi connectivity index (χ1) is 8.42. The molecule has 0 radical (unpaired) electrons. The number of para-hydroxylation sites is 1.